The zero-order valence-corrected chi connectivity index (χ0v) is 13.3. The van der Waals surface area contributed by atoms with Crippen LogP contribution in [0, 0.1) is 0 Å². The van der Waals surface area contributed by atoms with Gasteiger partial charge in [-0.25, -0.2) is 0 Å². The number of nitrogens with two attached hydrogens (primary N) is 1. The van der Waals surface area contributed by atoms with Crippen molar-refractivity contribution in [3.05, 3.63) is 0 Å². The molecule has 0 bridgehead atoms. The van der Waals surface area contributed by atoms with E-state index in [-0.39, 0.29) is 5.91 Å². The molecular formula is C16H30N4O. The van der Waals surface area contributed by atoms with E-state index in [9.17, 15) is 4.79 Å². The first-order chi connectivity index (χ1) is 10.1. The van der Waals surface area contributed by atoms with Gasteiger partial charge in [0.2, 0.25) is 5.91 Å². The van der Waals surface area contributed by atoms with Crippen LogP contribution >= 0.6 is 0 Å². The maximum absolute atomic E-state index is 11.8. The molecule has 3 aliphatic rings. The van der Waals surface area contributed by atoms with E-state index in [0.717, 1.165) is 32.1 Å². The Morgan fingerprint density at radius 1 is 1.24 bits per heavy atom. The summed E-state index contributed by atoms with van der Waals surface area (Å²) >= 11 is 0. The second-order valence-corrected chi connectivity index (χ2v) is 7.35. The number of carbonyl (C=O) groups is 1. The van der Waals surface area contributed by atoms with E-state index in [1.807, 2.05) is 6.92 Å². The van der Waals surface area contributed by atoms with Crippen molar-refractivity contribution in [2.24, 2.45) is 5.73 Å². The Hall–Kier alpha value is -0.650. The first-order valence-corrected chi connectivity index (χ1v) is 8.61. The molecule has 1 aliphatic carbocycles. The molecular weight excluding hydrogens is 264 g/mol. The zero-order chi connectivity index (χ0) is 14.9. The highest BCUT2D eigenvalue weighted by Gasteiger charge is 2.37. The predicted molar refractivity (Wildman–Crippen MR) is 84.0 cm³/mol. The van der Waals surface area contributed by atoms with Gasteiger partial charge in [-0.15, -0.1) is 0 Å². The lowest BCUT2D eigenvalue weighted by Gasteiger charge is -2.32. The number of carbonyl (C=O) groups excluding carboxylic acids is 1. The highest BCUT2D eigenvalue weighted by molar-refractivity contribution is 5.84. The Morgan fingerprint density at radius 2 is 2.00 bits per heavy atom. The molecule has 0 aromatic heterocycles. The quantitative estimate of drug-likeness (QED) is 0.751. The summed E-state index contributed by atoms with van der Waals surface area (Å²) in [4.78, 5) is 17.0. The number of amides is 1. The molecule has 3 N–H and O–H groups in total. The van der Waals surface area contributed by atoms with Crippen molar-refractivity contribution < 1.29 is 4.79 Å². The van der Waals surface area contributed by atoms with Crippen LogP contribution in [0.5, 0.6) is 0 Å². The van der Waals surface area contributed by atoms with E-state index >= 15 is 0 Å². The predicted octanol–water partition coefficient (Wildman–Crippen LogP) is 0.543. The third-order valence-corrected chi connectivity index (χ3v) is 5.46. The fourth-order valence-electron chi connectivity index (χ4n) is 3.81. The Labute approximate surface area is 128 Å². The van der Waals surface area contributed by atoms with E-state index in [4.69, 9.17) is 5.73 Å². The Morgan fingerprint density at radius 3 is 2.71 bits per heavy atom. The van der Waals surface area contributed by atoms with Crippen molar-refractivity contribution in [2.45, 2.75) is 63.1 Å². The zero-order valence-electron chi connectivity index (χ0n) is 13.3. The average Bonchev–Trinajstić information content (AvgIpc) is 3.19. The van der Waals surface area contributed by atoms with Crippen LogP contribution in [0.3, 0.4) is 0 Å². The molecule has 0 radical (unpaired) electrons. The second kappa shape index (κ2) is 6.23. The first-order valence-electron chi connectivity index (χ1n) is 8.61. The van der Waals surface area contributed by atoms with Gasteiger partial charge in [-0.1, -0.05) is 0 Å². The Kier molecular flexibility index (Phi) is 4.52. The van der Waals surface area contributed by atoms with Crippen LogP contribution in [0.25, 0.3) is 0 Å². The standard InChI is InChI=1S/C16H30N4O/c1-16(15(17)21,18-13-5-6-13)7-11-19-8-3-10-20-9-2-4-14(20)12-19/h13-14,18H,2-12H2,1H3,(H2,17,21). The smallest absolute Gasteiger partial charge is 0.237 e. The van der Waals surface area contributed by atoms with Crippen LogP contribution in [-0.2, 0) is 4.79 Å². The first kappa shape index (κ1) is 15.3. The lowest BCUT2D eigenvalue weighted by Crippen LogP contribution is -2.55. The van der Waals surface area contributed by atoms with Crippen LogP contribution in [0.1, 0.15) is 45.4 Å². The van der Waals surface area contributed by atoms with Gasteiger partial charge in [-0.05, 0) is 65.1 Å². The van der Waals surface area contributed by atoms with Crippen molar-refractivity contribution >= 4 is 5.91 Å². The molecule has 0 spiro atoms. The average molecular weight is 294 g/mol. The number of hydrogen-bond donors (Lipinski definition) is 2. The largest absolute Gasteiger partial charge is 0.368 e. The van der Waals surface area contributed by atoms with E-state index in [1.54, 1.807) is 0 Å². The van der Waals surface area contributed by atoms with Crippen LogP contribution in [-0.4, -0.2) is 66.1 Å². The monoisotopic (exact) mass is 294 g/mol. The van der Waals surface area contributed by atoms with Crippen LogP contribution < -0.4 is 11.1 Å². The number of rotatable bonds is 6. The molecule has 2 unspecified atom stereocenters. The van der Waals surface area contributed by atoms with E-state index in [2.05, 4.69) is 15.1 Å². The van der Waals surface area contributed by atoms with Crippen molar-refractivity contribution in [3.63, 3.8) is 0 Å². The minimum Gasteiger partial charge on any atom is -0.368 e. The summed E-state index contributed by atoms with van der Waals surface area (Å²) in [5.74, 6) is -0.202. The minimum absolute atomic E-state index is 0.202. The lowest BCUT2D eigenvalue weighted by atomic mass is 9.96. The fraction of sp³-hybridized carbons (Fsp3) is 0.938. The third-order valence-electron chi connectivity index (χ3n) is 5.46. The molecule has 2 aliphatic heterocycles. The maximum atomic E-state index is 11.8. The molecule has 5 nitrogen and oxygen atoms in total. The van der Waals surface area contributed by atoms with Gasteiger partial charge in [0, 0.05) is 25.2 Å². The second-order valence-electron chi connectivity index (χ2n) is 7.35. The molecule has 3 fully saturated rings. The summed E-state index contributed by atoms with van der Waals surface area (Å²) in [6.07, 6.45) is 7.13. The van der Waals surface area contributed by atoms with Gasteiger partial charge in [-0.2, -0.15) is 0 Å². The molecule has 2 saturated heterocycles. The summed E-state index contributed by atoms with van der Waals surface area (Å²) in [5, 5.41) is 3.46. The van der Waals surface area contributed by atoms with Gasteiger partial charge in [0.15, 0.2) is 0 Å². The number of fused-ring (bicyclic) bond motifs is 1. The van der Waals surface area contributed by atoms with E-state index < -0.39 is 5.54 Å². The summed E-state index contributed by atoms with van der Waals surface area (Å²) < 4.78 is 0. The molecule has 21 heavy (non-hydrogen) atoms. The van der Waals surface area contributed by atoms with Crippen LogP contribution in [0.2, 0.25) is 0 Å². The molecule has 1 saturated carbocycles. The van der Waals surface area contributed by atoms with Crippen molar-refractivity contribution in [2.75, 3.05) is 32.7 Å². The van der Waals surface area contributed by atoms with Crippen LogP contribution in [0.15, 0.2) is 0 Å². The molecule has 0 aromatic carbocycles. The SMILES string of the molecule is CC(CCN1CCCN2CCCC2C1)(NC1CC1)C(N)=O. The molecule has 5 heteroatoms. The summed E-state index contributed by atoms with van der Waals surface area (Å²) in [5.41, 5.74) is 5.11. The van der Waals surface area contributed by atoms with Gasteiger partial charge in [0.1, 0.15) is 0 Å². The molecule has 1 amide bonds. The Bertz CT molecular complexity index is 384. The maximum Gasteiger partial charge on any atom is 0.237 e. The van der Waals surface area contributed by atoms with Crippen molar-refractivity contribution in [3.8, 4) is 0 Å². The summed E-state index contributed by atoms with van der Waals surface area (Å²) in [7, 11) is 0. The highest BCUT2D eigenvalue weighted by atomic mass is 16.1. The highest BCUT2D eigenvalue weighted by Crippen LogP contribution is 2.25. The number of nitrogens with zero attached hydrogens (tertiary/aromatic N) is 2. The molecule has 0 aromatic rings. The topological polar surface area (TPSA) is 61.6 Å². The van der Waals surface area contributed by atoms with Gasteiger partial charge in [0.05, 0.1) is 5.54 Å². The third kappa shape index (κ3) is 3.76. The van der Waals surface area contributed by atoms with Crippen LogP contribution in [0.4, 0.5) is 0 Å². The normalized spacial score (nSPS) is 30.6. The minimum atomic E-state index is -0.539. The molecule has 120 valence electrons. The van der Waals surface area contributed by atoms with Gasteiger partial charge < -0.3 is 16.0 Å². The van der Waals surface area contributed by atoms with Crippen molar-refractivity contribution in [1.29, 1.82) is 0 Å². The lowest BCUT2D eigenvalue weighted by molar-refractivity contribution is -0.124. The number of primary amides is 1. The number of nitrogens with one attached hydrogen (secondary N) is 1. The van der Waals surface area contributed by atoms with Gasteiger partial charge in [-0.3, -0.25) is 9.69 Å². The molecule has 2 atom stereocenters. The van der Waals surface area contributed by atoms with Gasteiger partial charge in [0.25, 0.3) is 0 Å². The summed E-state index contributed by atoms with van der Waals surface area (Å²) in [6.45, 7) is 7.80. The Balaban J connectivity index is 1.53. The van der Waals surface area contributed by atoms with E-state index in [1.165, 1.54) is 45.2 Å². The summed E-state index contributed by atoms with van der Waals surface area (Å²) in [6, 6.07) is 1.25. The van der Waals surface area contributed by atoms with Gasteiger partial charge >= 0.3 is 0 Å². The van der Waals surface area contributed by atoms with Crippen molar-refractivity contribution in [1.82, 2.24) is 15.1 Å². The molecule has 2 heterocycles. The number of hydrogen-bond acceptors (Lipinski definition) is 4. The van der Waals surface area contributed by atoms with E-state index in [0.29, 0.717) is 6.04 Å². The molecule has 3 rings (SSSR count). The fourth-order valence-corrected chi connectivity index (χ4v) is 3.81.